The van der Waals surface area contributed by atoms with Crippen molar-refractivity contribution in [2.24, 2.45) is 11.3 Å². The molecule has 0 spiro atoms. The molecule has 4 nitrogen and oxygen atoms in total. The van der Waals surface area contributed by atoms with E-state index in [1.807, 2.05) is 24.3 Å². The molecule has 20 heavy (non-hydrogen) atoms. The van der Waals surface area contributed by atoms with Crippen molar-refractivity contribution in [3.05, 3.63) is 42.0 Å². The third-order valence-electron chi connectivity index (χ3n) is 3.95. The van der Waals surface area contributed by atoms with E-state index >= 15 is 0 Å². The molecule has 0 amide bonds. The van der Waals surface area contributed by atoms with Crippen molar-refractivity contribution in [3.8, 4) is 0 Å². The molecule has 0 aliphatic heterocycles. The van der Waals surface area contributed by atoms with Gasteiger partial charge in [-0.1, -0.05) is 36.9 Å². The minimum atomic E-state index is -1.13. The summed E-state index contributed by atoms with van der Waals surface area (Å²) in [7, 11) is 2.58. The maximum absolute atomic E-state index is 11.9. The van der Waals surface area contributed by atoms with Crippen LogP contribution in [-0.2, 0) is 25.5 Å². The van der Waals surface area contributed by atoms with Gasteiger partial charge in [-0.05, 0) is 29.9 Å². The Morgan fingerprint density at radius 1 is 1.30 bits per heavy atom. The van der Waals surface area contributed by atoms with Gasteiger partial charge in [-0.15, -0.1) is 0 Å². The van der Waals surface area contributed by atoms with Crippen LogP contribution >= 0.6 is 0 Å². The van der Waals surface area contributed by atoms with E-state index in [1.54, 1.807) is 6.08 Å². The fourth-order valence-electron chi connectivity index (χ4n) is 2.71. The first-order valence-electron chi connectivity index (χ1n) is 6.47. The summed E-state index contributed by atoms with van der Waals surface area (Å²) >= 11 is 0. The summed E-state index contributed by atoms with van der Waals surface area (Å²) in [6.07, 6.45) is 2.87. The summed E-state index contributed by atoms with van der Waals surface area (Å²) in [6.45, 7) is 3.77. The molecule has 0 aromatic heterocycles. The largest absolute Gasteiger partial charge is 0.468 e. The Hall–Kier alpha value is -2.10. The molecule has 0 heterocycles. The normalized spacial score (nSPS) is 19.0. The van der Waals surface area contributed by atoms with Crippen LogP contribution in [0.15, 0.2) is 30.8 Å². The van der Waals surface area contributed by atoms with Gasteiger partial charge in [0.15, 0.2) is 5.41 Å². The topological polar surface area (TPSA) is 52.6 Å². The van der Waals surface area contributed by atoms with Crippen LogP contribution in [0.1, 0.15) is 17.5 Å². The van der Waals surface area contributed by atoms with Crippen molar-refractivity contribution in [2.45, 2.75) is 12.8 Å². The predicted molar refractivity (Wildman–Crippen MR) is 74.8 cm³/mol. The van der Waals surface area contributed by atoms with Crippen molar-refractivity contribution in [1.82, 2.24) is 0 Å². The SMILES string of the molecule is C=Cc1ccccc1CC1CC1(C(=O)OC)C(=O)OC. The lowest BCUT2D eigenvalue weighted by atomic mass is 9.96. The lowest BCUT2D eigenvalue weighted by molar-refractivity contribution is -0.162. The fourth-order valence-corrected chi connectivity index (χ4v) is 2.71. The summed E-state index contributed by atoms with van der Waals surface area (Å²) in [4.78, 5) is 23.8. The first-order chi connectivity index (χ1) is 9.59. The molecule has 1 aliphatic rings. The molecule has 106 valence electrons. The highest BCUT2D eigenvalue weighted by Crippen LogP contribution is 2.56. The maximum Gasteiger partial charge on any atom is 0.323 e. The molecule has 2 rings (SSSR count). The van der Waals surface area contributed by atoms with Crippen molar-refractivity contribution in [3.63, 3.8) is 0 Å². The smallest absolute Gasteiger partial charge is 0.323 e. The van der Waals surface area contributed by atoms with Crippen LogP contribution in [0.2, 0.25) is 0 Å². The minimum absolute atomic E-state index is 0.0801. The predicted octanol–water partition coefficient (Wildman–Crippen LogP) is 2.22. The summed E-state index contributed by atoms with van der Waals surface area (Å²) in [5.74, 6) is -1.10. The highest BCUT2D eigenvalue weighted by Gasteiger charge is 2.67. The van der Waals surface area contributed by atoms with E-state index < -0.39 is 17.4 Å². The van der Waals surface area contributed by atoms with Crippen LogP contribution in [0.25, 0.3) is 6.08 Å². The van der Waals surface area contributed by atoms with Gasteiger partial charge in [0.05, 0.1) is 14.2 Å². The van der Waals surface area contributed by atoms with Crippen LogP contribution in [-0.4, -0.2) is 26.2 Å². The van der Waals surface area contributed by atoms with Crippen LogP contribution < -0.4 is 0 Å². The number of benzene rings is 1. The highest BCUT2D eigenvalue weighted by molar-refractivity contribution is 6.03. The van der Waals surface area contributed by atoms with E-state index in [1.165, 1.54) is 14.2 Å². The summed E-state index contributed by atoms with van der Waals surface area (Å²) in [5, 5.41) is 0. The van der Waals surface area contributed by atoms with Crippen molar-refractivity contribution in [1.29, 1.82) is 0 Å². The molecule has 0 saturated heterocycles. The Bertz CT molecular complexity index is 531. The standard InChI is InChI=1S/C16H18O4/c1-4-11-7-5-6-8-12(11)9-13-10-16(13,14(17)19-2)15(18)20-3/h4-8,13H,1,9-10H2,2-3H3. The van der Waals surface area contributed by atoms with E-state index in [4.69, 9.17) is 9.47 Å². The summed E-state index contributed by atoms with van der Waals surface area (Å²) in [5.41, 5.74) is 0.961. The van der Waals surface area contributed by atoms with Gasteiger partial charge in [0.2, 0.25) is 0 Å². The van der Waals surface area contributed by atoms with Gasteiger partial charge in [-0.2, -0.15) is 0 Å². The number of hydrogen-bond acceptors (Lipinski definition) is 4. The number of carbonyl (C=O) groups excluding carboxylic acids is 2. The molecular weight excluding hydrogens is 256 g/mol. The van der Waals surface area contributed by atoms with Crippen LogP contribution in [0, 0.1) is 11.3 Å². The lowest BCUT2D eigenvalue weighted by Gasteiger charge is -2.13. The van der Waals surface area contributed by atoms with Crippen molar-refractivity contribution < 1.29 is 19.1 Å². The minimum Gasteiger partial charge on any atom is -0.468 e. The Balaban J connectivity index is 2.21. The van der Waals surface area contributed by atoms with Gasteiger partial charge < -0.3 is 9.47 Å². The van der Waals surface area contributed by atoms with Gasteiger partial charge in [0, 0.05) is 0 Å². The van der Waals surface area contributed by atoms with E-state index in [0.717, 1.165) is 11.1 Å². The zero-order valence-electron chi connectivity index (χ0n) is 11.7. The molecule has 0 N–H and O–H groups in total. The lowest BCUT2D eigenvalue weighted by Crippen LogP contribution is -2.30. The van der Waals surface area contributed by atoms with Gasteiger partial charge in [0.1, 0.15) is 0 Å². The first kappa shape index (κ1) is 14.3. The summed E-state index contributed by atoms with van der Waals surface area (Å²) in [6, 6.07) is 7.81. The molecule has 1 aromatic carbocycles. The molecule has 4 heteroatoms. The molecular formula is C16H18O4. The molecule has 0 bridgehead atoms. The van der Waals surface area contributed by atoms with Gasteiger partial charge in [-0.25, -0.2) is 0 Å². The molecule has 1 unspecified atom stereocenters. The maximum atomic E-state index is 11.9. The number of rotatable bonds is 5. The number of methoxy groups -OCH3 is 2. The number of hydrogen-bond donors (Lipinski definition) is 0. The van der Waals surface area contributed by atoms with Gasteiger partial charge in [0.25, 0.3) is 0 Å². The zero-order chi connectivity index (χ0) is 14.8. The molecule has 1 aliphatic carbocycles. The Kier molecular flexibility index (Phi) is 3.93. The highest BCUT2D eigenvalue weighted by atomic mass is 16.5. The Morgan fingerprint density at radius 3 is 2.45 bits per heavy atom. The van der Waals surface area contributed by atoms with Crippen molar-refractivity contribution in [2.75, 3.05) is 14.2 Å². The van der Waals surface area contributed by atoms with E-state index in [-0.39, 0.29) is 5.92 Å². The quantitative estimate of drug-likeness (QED) is 0.610. The third kappa shape index (κ3) is 2.22. The first-order valence-corrected chi connectivity index (χ1v) is 6.47. The number of ether oxygens (including phenoxy) is 2. The van der Waals surface area contributed by atoms with E-state index in [2.05, 4.69) is 6.58 Å². The molecule has 1 saturated carbocycles. The Morgan fingerprint density at radius 2 is 1.90 bits per heavy atom. The van der Waals surface area contributed by atoms with E-state index in [9.17, 15) is 9.59 Å². The number of carbonyl (C=O) groups is 2. The zero-order valence-corrected chi connectivity index (χ0v) is 11.7. The fraction of sp³-hybridized carbons (Fsp3) is 0.375. The molecule has 1 fully saturated rings. The second kappa shape index (κ2) is 5.49. The summed E-state index contributed by atoms with van der Waals surface area (Å²) < 4.78 is 9.53. The van der Waals surface area contributed by atoms with Crippen LogP contribution in [0.5, 0.6) is 0 Å². The Labute approximate surface area is 118 Å². The van der Waals surface area contributed by atoms with Crippen molar-refractivity contribution >= 4 is 18.0 Å². The second-order valence-electron chi connectivity index (χ2n) is 4.96. The van der Waals surface area contributed by atoms with Crippen LogP contribution in [0.3, 0.4) is 0 Å². The van der Waals surface area contributed by atoms with Gasteiger partial charge >= 0.3 is 11.9 Å². The molecule has 1 aromatic rings. The average molecular weight is 274 g/mol. The number of esters is 2. The van der Waals surface area contributed by atoms with Crippen LogP contribution in [0.4, 0.5) is 0 Å². The van der Waals surface area contributed by atoms with E-state index in [0.29, 0.717) is 12.8 Å². The third-order valence-corrected chi connectivity index (χ3v) is 3.95. The van der Waals surface area contributed by atoms with Gasteiger partial charge in [-0.3, -0.25) is 9.59 Å². The molecule has 0 radical (unpaired) electrons. The monoisotopic (exact) mass is 274 g/mol. The molecule has 1 atom stereocenters. The average Bonchev–Trinajstić information content (AvgIpc) is 3.21. The second-order valence-corrected chi connectivity index (χ2v) is 4.96.